The van der Waals surface area contributed by atoms with Gasteiger partial charge in [-0.3, -0.25) is 19.5 Å². The van der Waals surface area contributed by atoms with Crippen LogP contribution < -0.4 is 10.6 Å². The summed E-state index contributed by atoms with van der Waals surface area (Å²) >= 11 is 5.56. The van der Waals surface area contributed by atoms with Gasteiger partial charge in [0, 0.05) is 30.5 Å². The molecule has 34 heavy (non-hydrogen) atoms. The second-order valence-corrected chi connectivity index (χ2v) is 8.03. The number of halogens is 6. The summed E-state index contributed by atoms with van der Waals surface area (Å²) in [4.78, 5) is 38.7. The zero-order valence-corrected chi connectivity index (χ0v) is 18.2. The summed E-state index contributed by atoms with van der Waals surface area (Å²) in [6, 6.07) is -0.712. The van der Waals surface area contributed by atoms with Crippen molar-refractivity contribution in [3.63, 3.8) is 0 Å². The summed E-state index contributed by atoms with van der Waals surface area (Å²) < 4.78 is 65.5. The zero-order valence-electron chi connectivity index (χ0n) is 17.4. The minimum absolute atomic E-state index is 0.0298. The lowest BCUT2D eigenvalue weighted by Gasteiger charge is -2.25. The zero-order chi connectivity index (χ0) is 25.2. The number of hydrogen-bond donors (Lipinski definition) is 3. The number of anilines is 1. The quantitative estimate of drug-likeness (QED) is 0.326. The highest BCUT2D eigenvalue weighted by Crippen LogP contribution is 2.30. The van der Waals surface area contributed by atoms with Crippen molar-refractivity contribution in [3.8, 4) is 0 Å². The Morgan fingerprint density at radius 2 is 2.00 bits per heavy atom. The molecule has 1 aromatic heterocycles. The van der Waals surface area contributed by atoms with Crippen LogP contribution in [0.4, 0.5) is 27.6 Å². The van der Waals surface area contributed by atoms with Gasteiger partial charge in [-0.25, -0.2) is 8.78 Å². The van der Waals surface area contributed by atoms with Crippen LogP contribution in [0, 0.1) is 17.6 Å². The van der Waals surface area contributed by atoms with Gasteiger partial charge in [0.25, 0.3) is 0 Å². The molecule has 2 aromatic rings. The van der Waals surface area contributed by atoms with E-state index >= 15 is 0 Å². The van der Waals surface area contributed by atoms with Crippen LogP contribution in [0.25, 0.3) is 0 Å². The number of carbonyl (C=O) groups excluding carboxylic acids is 3. The fourth-order valence-electron chi connectivity index (χ4n) is 3.63. The normalized spacial score (nSPS) is 19.1. The van der Waals surface area contributed by atoms with Crippen molar-refractivity contribution in [1.82, 2.24) is 25.6 Å². The van der Waals surface area contributed by atoms with Crippen LogP contribution in [0.1, 0.15) is 31.5 Å². The minimum atomic E-state index is -4.66. The molecule has 0 saturated carbocycles. The molecular formula is C19H18ClF5N6O3. The van der Waals surface area contributed by atoms with E-state index in [9.17, 15) is 36.3 Å². The number of aromatic amines is 1. The van der Waals surface area contributed by atoms with Gasteiger partial charge in [0.15, 0.2) is 11.6 Å². The van der Waals surface area contributed by atoms with Gasteiger partial charge in [-0.15, -0.1) is 5.10 Å². The van der Waals surface area contributed by atoms with Crippen molar-refractivity contribution in [1.29, 1.82) is 0 Å². The summed E-state index contributed by atoms with van der Waals surface area (Å²) in [5.74, 6) is -6.44. The summed E-state index contributed by atoms with van der Waals surface area (Å²) in [5.41, 5.74) is -0.318. The van der Waals surface area contributed by atoms with Gasteiger partial charge >= 0.3 is 18.0 Å². The minimum Gasteiger partial charge on any atom is -0.339 e. The van der Waals surface area contributed by atoms with E-state index in [1.807, 2.05) is 5.32 Å². The van der Waals surface area contributed by atoms with Crippen LogP contribution in [0.3, 0.4) is 0 Å². The lowest BCUT2D eigenvalue weighted by Crippen LogP contribution is -2.47. The summed E-state index contributed by atoms with van der Waals surface area (Å²) in [5, 5.41) is 12.9. The topological polar surface area (TPSA) is 120 Å². The number of alkyl halides is 3. The molecule has 1 aliphatic heterocycles. The highest BCUT2D eigenvalue weighted by Gasteiger charge is 2.41. The molecule has 15 heteroatoms. The molecule has 1 fully saturated rings. The number of aromatic nitrogens is 3. The molecule has 1 saturated heterocycles. The predicted octanol–water partition coefficient (Wildman–Crippen LogP) is 2.72. The van der Waals surface area contributed by atoms with Gasteiger partial charge < -0.3 is 15.5 Å². The Labute approximate surface area is 194 Å². The molecule has 1 aliphatic rings. The highest BCUT2D eigenvalue weighted by molar-refractivity contribution is 6.35. The predicted molar refractivity (Wildman–Crippen MR) is 107 cm³/mol. The molecule has 0 radical (unpaired) electrons. The first-order valence-corrected chi connectivity index (χ1v) is 10.2. The van der Waals surface area contributed by atoms with Crippen molar-refractivity contribution in [2.24, 2.45) is 5.92 Å². The first-order chi connectivity index (χ1) is 15.9. The Morgan fingerprint density at radius 1 is 1.29 bits per heavy atom. The molecule has 0 aliphatic carbocycles. The molecule has 3 N–H and O–H groups in total. The maximum atomic E-state index is 13.5. The van der Waals surface area contributed by atoms with Crippen LogP contribution in [-0.4, -0.2) is 56.8 Å². The van der Waals surface area contributed by atoms with Crippen LogP contribution in [0.15, 0.2) is 18.3 Å². The first-order valence-electron chi connectivity index (χ1n) is 9.87. The third kappa shape index (κ3) is 5.79. The summed E-state index contributed by atoms with van der Waals surface area (Å²) in [6.45, 7) is 1.45. The van der Waals surface area contributed by atoms with Crippen LogP contribution in [0.5, 0.6) is 0 Å². The third-order valence-electron chi connectivity index (χ3n) is 5.33. The number of benzene rings is 1. The average molecular weight is 509 g/mol. The molecule has 2 heterocycles. The van der Waals surface area contributed by atoms with E-state index in [1.165, 1.54) is 6.92 Å². The standard InChI is InChI=1S/C19H18ClF5N6O3/c1-8-10(16(32)27-9-4-11(20)15(22)12(21)5-9)2-3-31(8)18(34)17(33)28-13(6-19(23,24)25)14-7-26-30-29-14/h4-5,7-8,10,13H,2-3,6H2,1H3,(H,27,32)(H,28,33)(H,26,29,30)/t8-,10-,13?/m0/s1. The molecular weight excluding hydrogens is 491 g/mol. The number of rotatable bonds is 5. The van der Waals surface area contributed by atoms with Gasteiger partial charge in [-0.2, -0.15) is 13.2 Å². The van der Waals surface area contributed by atoms with E-state index in [1.54, 1.807) is 0 Å². The number of carbonyl (C=O) groups is 3. The van der Waals surface area contributed by atoms with Gasteiger partial charge in [0.05, 0.1) is 23.4 Å². The van der Waals surface area contributed by atoms with E-state index in [-0.39, 0.29) is 24.3 Å². The average Bonchev–Trinajstić information content (AvgIpc) is 3.40. The van der Waals surface area contributed by atoms with Crippen LogP contribution in [0.2, 0.25) is 5.02 Å². The van der Waals surface area contributed by atoms with Crippen molar-refractivity contribution in [2.75, 3.05) is 11.9 Å². The molecule has 0 bridgehead atoms. The number of hydrogen-bond acceptors (Lipinski definition) is 5. The molecule has 0 spiro atoms. The number of nitrogens with zero attached hydrogens (tertiary/aromatic N) is 3. The van der Waals surface area contributed by atoms with E-state index in [2.05, 4.69) is 20.7 Å². The molecule has 9 nitrogen and oxygen atoms in total. The Bertz CT molecular complexity index is 1060. The van der Waals surface area contributed by atoms with E-state index in [0.29, 0.717) is 0 Å². The number of H-pyrrole nitrogens is 1. The summed E-state index contributed by atoms with van der Waals surface area (Å²) in [7, 11) is 0. The monoisotopic (exact) mass is 508 g/mol. The van der Waals surface area contributed by atoms with Crippen LogP contribution in [-0.2, 0) is 14.4 Å². The van der Waals surface area contributed by atoms with Crippen molar-refractivity contribution in [2.45, 2.75) is 38.0 Å². The first kappa shape index (κ1) is 25.3. The van der Waals surface area contributed by atoms with E-state index < -0.39 is 65.0 Å². The van der Waals surface area contributed by atoms with E-state index in [0.717, 1.165) is 23.2 Å². The van der Waals surface area contributed by atoms with E-state index in [4.69, 9.17) is 11.6 Å². The Kier molecular flexibility index (Phi) is 7.38. The molecule has 184 valence electrons. The second-order valence-electron chi connectivity index (χ2n) is 7.62. The van der Waals surface area contributed by atoms with Gasteiger partial charge in [-0.1, -0.05) is 16.8 Å². The van der Waals surface area contributed by atoms with Crippen molar-refractivity contribution < 1.29 is 36.3 Å². The molecule has 1 unspecified atom stereocenters. The summed E-state index contributed by atoms with van der Waals surface area (Å²) in [6.07, 6.45) is -4.95. The molecule has 3 rings (SSSR count). The molecule has 1 aromatic carbocycles. The Hall–Kier alpha value is -3.29. The molecule has 3 atom stereocenters. The lowest BCUT2D eigenvalue weighted by molar-refractivity contribution is -0.151. The fourth-order valence-corrected chi connectivity index (χ4v) is 3.84. The maximum Gasteiger partial charge on any atom is 0.391 e. The molecule has 3 amide bonds. The number of likely N-dealkylation sites (tertiary alicyclic amines) is 1. The largest absolute Gasteiger partial charge is 0.391 e. The highest BCUT2D eigenvalue weighted by atomic mass is 35.5. The Balaban J connectivity index is 1.65. The number of amides is 3. The third-order valence-corrected chi connectivity index (χ3v) is 5.61. The van der Waals surface area contributed by atoms with Gasteiger partial charge in [0.2, 0.25) is 5.91 Å². The Morgan fingerprint density at radius 3 is 2.59 bits per heavy atom. The maximum absolute atomic E-state index is 13.5. The van der Waals surface area contributed by atoms with Gasteiger partial charge in [0.1, 0.15) is 5.69 Å². The fraction of sp³-hybridized carbons (Fsp3) is 0.421. The SMILES string of the molecule is C[C@H]1[C@@H](C(=O)Nc2cc(F)c(F)c(Cl)c2)CCN1C(=O)C(=O)NC(CC(F)(F)F)c1c[nH]nn1. The van der Waals surface area contributed by atoms with Gasteiger partial charge in [-0.05, 0) is 19.4 Å². The smallest absolute Gasteiger partial charge is 0.339 e. The van der Waals surface area contributed by atoms with Crippen LogP contribution >= 0.6 is 11.6 Å². The second kappa shape index (κ2) is 9.91. The van der Waals surface area contributed by atoms with Crippen molar-refractivity contribution in [3.05, 3.63) is 40.7 Å². The lowest BCUT2D eigenvalue weighted by atomic mass is 10.0. The van der Waals surface area contributed by atoms with Crippen molar-refractivity contribution >= 4 is 35.0 Å². The number of nitrogens with one attached hydrogen (secondary N) is 3.